The molecular weight excluding hydrogens is 234 g/mol. The van der Waals surface area contributed by atoms with Crippen molar-refractivity contribution in [3.8, 4) is 0 Å². The first-order chi connectivity index (χ1) is 8.16. The third kappa shape index (κ3) is 1.79. The molecule has 0 radical (unpaired) electrons. The maximum atomic E-state index is 11.5. The Kier molecular flexibility index (Phi) is 2.71. The van der Waals surface area contributed by atoms with Gasteiger partial charge in [0.2, 0.25) is 0 Å². The number of fused-ring (bicyclic) bond motifs is 1. The molecule has 2 heterocycles. The van der Waals surface area contributed by atoms with Gasteiger partial charge in [-0.05, 0) is 42.2 Å². The van der Waals surface area contributed by atoms with Gasteiger partial charge in [0.15, 0.2) is 0 Å². The molecule has 0 spiro atoms. The summed E-state index contributed by atoms with van der Waals surface area (Å²) in [6.07, 6.45) is 3.33. The summed E-state index contributed by atoms with van der Waals surface area (Å²) >= 11 is 1.70. The molecule has 3 nitrogen and oxygen atoms in total. The van der Waals surface area contributed by atoms with Crippen LogP contribution in [0, 0.1) is 5.92 Å². The monoisotopic (exact) mass is 251 g/mol. The second-order valence-electron chi connectivity index (χ2n) is 5.26. The Balaban J connectivity index is 1.88. The van der Waals surface area contributed by atoms with Crippen LogP contribution < -0.4 is 0 Å². The number of carboxylic acid groups (broad SMARTS) is 1. The first-order valence-corrected chi connectivity index (χ1v) is 7.09. The Morgan fingerprint density at radius 1 is 1.53 bits per heavy atom. The van der Waals surface area contributed by atoms with E-state index >= 15 is 0 Å². The van der Waals surface area contributed by atoms with Gasteiger partial charge in [-0.25, -0.2) is 0 Å². The van der Waals surface area contributed by atoms with E-state index in [9.17, 15) is 9.90 Å². The number of nitrogens with zero attached hydrogens (tertiary/aromatic N) is 1. The number of thiophene rings is 1. The number of carbonyl (C=O) groups is 1. The molecule has 1 fully saturated rings. The summed E-state index contributed by atoms with van der Waals surface area (Å²) in [5, 5.41) is 11.5. The van der Waals surface area contributed by atoms with Gasteiger partial charge < -0.3 is 5.11 Å². The van der Waals surface area contributed by atoms with Gasteiger partial charge in [-0.3, -0.25) is 9.69 Å². The molecule has 0 bridgehead atoms. The van der Waals surface area contributed by atoms with Crippen molar-refractivity contribution < 1.29 is 9.90 Å². The standard InChI is InChI=1S/C13H17NO2S/c1-8-6-9(7-8)14-4-2-11-10(3-5-17-11)12(14)13(15)16/h3,5,8-9,12H,2,4,6-7H2,1H3,(H,15,16). The zero-order valence-corrected chi connectivity index (χ0v) is 10.7. The molecule has 0 saturated heterocycles. The molecule has 2 aliphatic rings. The molecule has 1 saturated carbocycles. The molecule has 1 atom stereocenters. The molecule has 0 amide bonds. The summed E-state index contributed by atoms with van der Waals surface area (Å²) in [6, 6.07) is 2.08. The predicted octanol–water partition coefficient (Wildman–Crippen LogP) is 2.53. The second kappa shape index (κ2) is 4.10. The minimum absolute atomic E-state index is 0.400. The van der Waals surface area contributed by atoms with Crippen molar-refractivity contribution in [2.75, 3.05) is 6.54 Å². The minimum atomic E-state index is -0.691. The molecule has 4 heteroatoms. The maximum absolute atomic E-state index is 11.5. The van der Waals surface area contributed by atoms with Gasteiger partial charge in [0.05, 0.1) is 0 Å². The lowest BCUT2D eigenvalue weighted by molar-refractivity contribution is -0.146. The Hall–Kier alpha value is -0.870. The van der Waals surface area contributed by atoms with Crippen LogP contribution >= 0.6 is 11.3 Å². The second-order valence-corrected chi connectivity index (χ2v) is 6.26. The van der Waals surface area contributed by atoms with Crippen molar-refractivity contribution in [3.63, 3.8) is 0 Å². The van der Waals surface area contributed by atoms with Crippen LogP contribution in [0.4, 0.5) is 0 Å². The first kappa shape index (κ1) is 11.2. The number of hydrogen-bond acceptors (Lipinski definition) is 3. The van der Waals surface area contributed by atoms with Gasteiger partial charge in [-0.2, -0.15) is 0 Å². The van der Waals surface area contributed by atoms with Crippen LogP contribution in [0.15, 0.2) is 11.4 Å². The molecule has 1 aromatic heterocycles. The fourth-order valence-electron chi connectivity index (χ4n) is 3.13. The van der Waals surface area contributed by atoms with E-state index in [0.717, 1.165) is 37.3 Å². The van der Waals surface area contributed by atoms with E-state index in [4.69, 9.17) is 0 Å². The van der Waals surface area contributed by atoms with Gasteiger partial charge >= 0.3 is 5.97 Å². The highest BCUT2D eigenvalue weighted by Crippen LogP contribution is 2.40. The molecular formula is C13H17NO2S. The Morgan fingerprint density at radius 3 is 2.94 bits per heavy atom. The molecule has 1 aliphatic carbocycles. The van der Waals surface area contributed by atoms with E-state index in [1.807, 2.05) is 11.4 Å². The van der Waals surface area contributed by atoms with Crippen molar-refractivity contribution >= 4 is 17.3 Å². The highest BCUT2D eigenvalue weighted by atomic mass is 32.1. The fraction of sp³-hybridized carbons (Fsp3) is 0.615. The number of rotatable bonds is 2. The Bertz CT molecular complexity index is 436. The van der Waals surface area contributed by atoms with E-state index in [0.29, 0.717) is 6.04 Å². The van der Waals surface area contributed by atoms with E-state index in [1.165, 1.54) is 4.88 Å². The predicted molar refractivity (Wildman–Crippen MR) is 67.3 cm³/mol. The molecule has 0 aromatic carbocycles. The smallest absolute Gasteiger partial charge is 0.325 e. The van der Waals surface area contributed by atoms with Crippen LogP contribution in [0.1, 0.15) is 36.2 Å². The van der Waals surface area contributed by atoms with Gasteiger partial charge in [0.25, 0.3) is 0 Å². The van der Waals surface area contributed by atoms with Crippen LogP contribution in [-0.4, -0.2) is 28.6 Å². The summed E-state index contributed by atoms with van der Waals surface area (Å²) < 4.78 is 0. The summed E-state index contributed by atoms with van der Waals surface area (Å²) in [5.74, 6) is 0.0715. The fourth-order valence-corrected chi connectivity index (χ4v) is 4.04. The van der Waals surface area contributed by atoms with E-state index in [1.54, 1.807) is 11.3 Å². The summed E-state index contributed by atoms with van der Waals surface area (Å²) in [4.78, 5) is 15.0. The van der Waals surface area contributed by atoms with Gasteiger partial charge in [0.1, 0.15) is 6.04 Å². The summed E-state index contributed by atoms with van der Waals surface area (Å²) in [6.45, 7) is 3.15. The lowest BCUT2D eigenvalue weighted by Gasteiger charge is -2.46. The molecule has 17 heavy (non-hydrogen) atoms. The van der Waals surface area contributed by atoms with E-state index in [2.05, 4.69) is 11.8 Å². The highest BCUT2D eigenvalue weighted by Gasteiger charge is 2.41. The van der Waals surface area contributed by atoms with Gasteiger partial charge in [-0.15, -0.1) is 11.3 Å². The third-order valence-corrected chi connectivity index (χ3v) is 5.05. The average molecular weight is 251 g/mol. The zero-order chi connectivity index (χ0) is 12.0. The van der Waals surface area contributed by atoms with Crippen LogP contribution in [0.5, 0.6) is 0 Å². The first-order valence-electron chi connectivity index (χ1n) is 6.21. The number of hydrogen-bond donors (Lipinski definition) is 1. The topological polar surface area (TPSA) is 40.5 Å². The van der Waals surface area contributed by atoms with E-state index in [-0.39, 0.29) is 0 Å². The van der Waals surface area contributed by atoms with Crippen molar-refractivity contribution in [2.45, 2.75) is 38.3 Å². The lowest BCUT2D eigenvalue weighted by Crippen LogP contribution is -2.50. The third-order valence-electron chi connectivity index (χ3n) is 4.05. The van der Waals surface area contributed by atoms with Crippen molar-refractivity contribution in [2.24, 2.45) is 5.92 Å². The molecule has 1 aliphatic heterocycles. The summed E-state index contributed by atoms with van der Waals surface area (Å²) in [5.41, 5.74) is 1.04. The SMILES string of the molecule is CC1CC(N2CCc3sccc3C2C(=O)O)C1. The average Bonchev–Trinajstić information content (AvgIpc) is 2.70. The quantitative estimate of drug-likeness (QED) is 0.878. The Labute approximate surface area is 105 Å². The maximum Gasteiger partial charge on any atom is 0.325 e. The van der Waals surface area contributed by atoms with Crippen LogP contribution in [0.2, 0.25) is 0 Å². The normalized spacial score (nSPS) is 32.9. The summed E-state index contributed by atoms with van der Waals surface area (Å²) in [7, 11) is 0. The van der Waals surface area contributed by atoms with E-state index < -0.39 is 12.0 Å². The number of carboxylic acids is 1. The van der Waals surface area contributed by atoms with Crippen LogP contribution in [-0.2, 0) is 11.2 Å². The molecule has 1 N–H and O–H groups in total. The highest BCUT2D eigenvalue weighted by molar-refractivity contribution is 7.10. The molecule has 3 rings (SSSR count). The van der Waals surface area contributed by atoms with Crippen molar-refractivity contribution in [1.82, 2.24) is 4.90 Å². The van der Waals surface area contributed by atoms with Crippen LogP contribution in [0.3, 0.4) is 0 Å². The van der Waals surface area contributed by atoms with Crippen molar-refractivity contribution in [3.05, 3.63) is 21.9 Å². The van der Waals surface area contributed by atoms with Gasteiger partial charge in [0, 0.05) is 17.5 Å². The van der Waals surface area contributed by atoms with Gasteiger partial charge in [-0.1, -0.05) is 6.92 Å². The molecule has 1 aromatic rings. The van der Waals surface area contributed by atoms with Crippen molar-refractivity contribution in [1.29, 1.82) is 0 Å². The largest absolute Gasteiger partial charge is 0.480 e. The Morgan fingerprint density at radius 2 is 2.29 bits per heavy atom. The molecule has 92 valence electrons. The minimum Gasteiger partial charge on any atom is -0.480 e. The zero-order valence-electron chi connectivity index (χ0n) is 9.93. The molecule has 1 unspecified atom stereocenters. The lowest BCUT2D eigenvalue weighted by atomic mass is 9.79. The van der Waals surface area contributed by atoms with Crippen LogP contribution in [0.25, 0.3) is 0 Å². The number of aliphatic carboxylic acids is 1.